The fraction of sp³-hybridized carbons (Fsp3) is 0.789. The molecule has 22 heavy (non-hydrogen) atoms. The summed E-state index contributed by atoms with van der Waals surface area (Å²) in [4.78, 5) is 0. The van der Waals surface area contributed by atoms with Gasteiger partial charge in [-0.1, -0.05) is 43.6 Å². The van der Waals surface area contributed by atoms with Crippen molar-refractivity contribution in [3.63, 3.8) is 0 Å². The van der Waals surface area contributed by atoms with Crippen molar-refractivity contribution in [1.82, 2.24) is 0 Å². The Bertz CT molecular complexity index is 564. The third-order valence-corrected chi connectivity index (χ3v) is 7.62. The maximum Gasteiger partial charge on any atom is 0.201 e. The molecule has 3 saturated carbocycles. The summed E-state index contributed by atoms with van der Waals surface area (Å²) in [5.41, 5.74) is 2.32. The van der Waals surface area contributed by atoms with Gasteiger partial charge in [0.25, 0.3) is 0 Å². The average molecular weight is 306 g/mol. The van der Waals surface area contributed by atoms with Gasteiger partial charge in [0.05, 0.1) is 0 Å². The predicted molar refractivity (Wildman–Crippen MR) is 83.7 cm³/mol. The fourth-order valence-electron chi connectivity index (χ4n) is 6.00. The molecule has 0 radical (unpaired) electrons. The van der Waals surface area contributed by atoms with E-state index in [1.54, 1.807) is 5.57 Å². The average Bonchev–Trinajstić information content (AvgIpc) is 2.66. The third-order valence-electron chi connectivity index (χ3n) is 7.62. The minimum Gasteiger partial charge on any atom is -0.363 e. The molecule has 4 aliphatic carbocycles. The Morgan fingerprint density at radius 1 is 1.09 bits per heavy atom. The minimum absolute atomic E-state index is 0.0344. The standard InChI is InChI=1S/C19H27FO2/c1-17-9-4-3-5-12(17)6-7-13-14(17)8-10-18(2)15(13)11-16(20)19(18,21)22/h6-7,14-16,21-22H,3-5,8-11H2,1-2H3/t14-,15+,16?,17+,18+/m1/s1. The molecule has 1 unspecified atom stereocenters. The van der Waals surface area contributed by atoms with E-state index in [2.05, 4.69) is 19.1 Å². The molecule has 0 aliphatic heterocycles. The molecule has 0 heterocycles. The number of aliphatic hydroxyl groups is 2. The van der Waals surface area contributed by atoms with Gasteiger partial charge in [-0.05, 0) is 55.8 Å². The molecular weight excluding hydrogens is 279 g/mol. The summed E-state index contributed by atoms with van der Waals surface area (Å²) in [6.07, 6.45) is 9.79. The van der Waals surface area contributed by atoms with Crippen molar-refractivity contribution in [1.29, 1.82) is 0 Å². The van der Waals surface area contributed by atoms with Crippen LogP contribution in [0.2, 0.25) is 0 Å². The minimum atomic E-state index is -2.18. The molecule has 5 atom stereocenters. The summed E-state index contributed by atoms with van der Waals surface area (Å²) >= 11 is 0. The molecular formula is C19H27FO2. The zero-order valence-corrected chi connectivity index (χ0v) is 13.6. The topological polar surface area (TPSA) is 40.5 Å². The first-order valence-electron chi connectivity index (χ1n) is 8.80. The fourth-order valence-corrected chi connectivity index (χ4v) is 6.00. The second-order valence-corrected chi connectivity index (χ2v) is 8.47. The van der Waals surface area contributed by atoms with E-state index >= 15 is 0 Å². The Balaban J connectivity index is 1.78. The van der Waals surface area contributed by atoms with Crippen molar-refractivity contribution in [2.75, 3.05) is 0 Å². The van der Waals surface area contributed by atoms with E-state index in [-0.39, 0.29) is 17.8 Å². The van der Waals surface area contributed by atoms with Crippen LogP contribution in [0.4, 0.5) is 4.39 Å². The number of alkyl halides is 1. The van der Waals surface area contributed by atoms with Crippen molar-refractivity contribution in [3.8, 4) is 0 Å². The lowest BCUT2D eigenvalue weighted by molar-refractivity contribution is -0.258. The van der Waals surface area contributed by atoms with E-state index in [1.807, 2.05) is 6.92 Å². The van der Waals surface area contributed by atoms with Gasteiger partial charge in [-0.3, -0.25) is 0 Å². The van der Waals surface area contributed by atoms with Crippen LogP contribution in [-0.4, -0.2) is 22.2 Å². The Hall–Kier alpha value is -0.670. The van der Waals surface area contributed by atoms with Crippen molar-refractivity contribution in [2.45, 2.75) is 70.8 Å². The lowest BCUT2D eigenvalue weighted by atomic mass is 9.51. The van der Waals surface area contributed by atoms with Gasteiger partial charge in [0.2, 0.25) is 5.79 Å². The smallest absolute Gasteiger partial charge is 0.201 e. The molecule has 2 nitrogen and oxygen atoms in total. The van der Waals surface area contributed by atoms with E-state index < -0.39 is 17.4 Å². The summed E-state index contributed by atoms with van der Waals surface area (Å²) in [6.45, 7) is 4.25. The number of hydrogen-bond donors (Lipinski definition) is 2. The number of hydrogen-bond acceptors (Lipinski definition) is 2. The molecule has 3 heteroatoms. The van der Waals surface area contributed by atoms with E-state index in [0.717, 1.165) is 6.42 Å². The predicted octanol–water partition coefficient (Wildman–Crippen LogP) is 3.89. The van der Waals surface area contributed by atoms with Gasteiger partial charge < -0.3 is 10.2 Å². The Morgan fingerprint density at radius 2 is 1.86 bits per heavy atom. The molecule has 4 rings (SSSR count). The highest BCUT2D eigenvalue weighted by atomic mass is 19.1. The number of fused-ring (bicyclic) bond motifs is 5. The molecule has 0 spiro atoms. The van der Waals surface area contributed by atoms with Crippen LogP contribution < -0.4 is 0 Å². The second kappa shape index (κ2) is 4.45. The maximum absolute atomic E-state index is 14.3. The van der Waals surface area contributed by atoms with E-state index in [4.69, 9.17) is 0 Å². The first-order chi connectivity index (χ1) is 10.3. The molecule has 0 bridgehead atoms. The zero-order valence-electron chi connectivity index (χ0n) is 13.6. The van der Waals surface area contributed by atoms with Gasteiger partial charge >= 0.3 is 0 Å². The van der Waals surface area contributed by atoms with Crippen LogP contribution in [0, 0.1) is 22.7 Å². The van der Waals surface area contributed by atoms with Gasteiger partial charge in [0.15, 0.2) is 6.17 Å². The van der Waals surface area contributed by atoms with Crippen LogP contribution in [-0.2, 0) is 0 Å². The highest BCUT2D eigenvalue weighted by molar-refractivity contribution is 5.39. The first-order valence-corrected chi connectivity index (χ1v) is 8.80. The van der Waals surface area contributed by atoms with Crippen LogP contribution in [0.3, 0.4) is 0 Å². The molecule has 0 aromatic heterocycles. The lowest BCUT2D eigenvalue weighted by Gasteiger charge is -2.54. The van der Waals surface area contributed by atoms with E-state index in [1.165, 1.54) is 31.3 Å². The lowest BCUT2D eigenvalue weighted by Crippen LogP contribution is -2.53. The summed E-state index contributed by atoms with van der Waals surface area (Å²) in [7, 11) is 0. The van der Waals surface area contributed by atoms with Crippen LogP contribution in [0.5, 0.6) is 0 Å². The molecule has 0 aromatic rings. The van der Waals surface area contributed by atoms with Crippen molar-refractivity contribution < 1.29 is 14.6 Å². The summed E-state index contributed by atoms with van der Waals surface area (Å²) in [5, 5.41) is 20.7. The first kappa shape index (κ1) is 14.9. The largest absolute Gasteiger partial charge is 0.363 e. The van der Waals surface area contributed by atoms with Crippen LogP contribution >= 0.6 is 0 Å². The van der Waals surface area contributed by atoms with Gasteiger partial charge in [-0.25, -0.2) is 4.39 Å². The quantitative estimate of drug-likeness (QED) is 0.667. The highest BCUT2D eigenvalue weighted by Gasteiger charge is 2.66. The second-order valence-electron chi connectivity index (χ2n) is 8.47. The molecule has 0 aromatic carbocycles. The van der Waals surface area contributed by atoms with Crippen molar-refractivity contribution in [2.24, 2.45) is 22.7 Å². The van der Waals surface area contributed by atoms with Crippen molar-refractivity contribution >= 4 is 0 Å². The SMILES string of the molecule is C[C@]12CCCCC1=CC=C1[C@H]2CC[C@@]2(C)[C@H]1CC(F)C2(O)O. The van der Waals surface area contributed by atoms with Crippen LogP contribution in [0.1, 0.15) is 58.8 Å². The van der Waals surface area contributed by atoms with Gasteiger partial charge in [0.1, 0.15) is 0 Å². The van der Waals surface area contributed by atoms with Crippen LogP contribution in [0.25, 0.3) is 0 Å². The van der Waals surface area contributed by atoms with E-state index in [9.17, 15) is 14.6 Å². The maximum atomic E-state index is 14.3. The zero-order chi connectivity index (χ0) is 15.8. The Labute approximate surface area is 132 Å². The summed E-state index contributed by atoms with van der Waals surface area (Å²) < 4.78 is 14.3. The van der Waals surface area contributed by atoms with Crippen molar-refractivity contribution in [3.05, 3.63) is 23.3 Å². The molecule has 122 valence electrons. The normalized spacial score (nSPS) is 49.6. The van der Waals surface area contributed by atoms with Gasteiger partial charge in [-0.15, -0.1) is 0 Å². The van der Waals surface area contributed by atoms with E-state index in [0.29, 0.717) is 12.3 Å². The third kappa shape index (κ3) is 1.62. The molecule has 0 saturated heterocycles. The van der Waals surface area contributed by atoms with Crippen LogP contribution in [0.15, 0.2) is 23.3 Å². The molecule has 2 N–H and O–H groups in total. The summed E-state index contributed by atoms with van der Waals surface area (Å²) in [6, 6.07) is 0. The number of halogens is 1. The number of rotatable bonds is 0. The Kier molecular flexibility index (Phi) is 3.01. The van der Waals surface area contributed by atoms with Gasteiger partial charge in [0, 0.05) is 5.41 Å². The Morgan fingerprint density at radius 3 is 2.64 bits per heavy atom. The highest BCUT2D eigenvalue weighted by Crippen LogP contribution is 2.65. The van der Waals surface area contributed by atoms with Gasteiger partial charge in [-0.2, -0.15) is 0 Å². The molecule has 0 amide bonds. The molecule has 3 fully saturated rings. The number of allylic oxidation sites excluding steroid dienone is 4. The molecule has 4 aliphatic rings. The monoisotopic (exact) mass is 306 g/mol. The summed E-state index contributed by atoms with van der Waals surface area (Å²) in [5.74, 6) is -1.75.